The van der Waals surface area contributed by atoms with Gasteiger partial charge in [0.2, 0.25) is 0 Å². The lowest BCUT2D eigenvalue weighted by molar-refractivity contribution is -0.121. The van der Waals surface area contributed by atoms with Crippen LogP contribution < -0.4 is 0 Å². The molecule has 13 heavy (non-hydrogen) atoms. The SMILES string of the molecule is CCC(O)C/C=C/CC(=O)C(C)C. The highest BCUT2D eigenvalue weighted by Crippen LogP contribution is 2.02. The molecule has 0 fully saturated rings. The minimum atomic E-state index is -0.259. The Balaban J connectivity index is 3.58. The van der Waals surface area contributed by atoms with Crippen LogP contribution in [0.15, 0.2) is 12.2 Å². The molecule has 0 aliphatic heterocycles. The van der Waals surface area contributed by atoms with Gasteiger partial charge < -0.3 is 5.11 Å². The molecule has 0 saturated carbocycles. The fourth-order valence-electron chi connectivity index (χ4n) is 0.855. The summed E-state index contributed by atoms with van der Waals surface area (Å²) in [5.41, 5.74) is 0. The maximum absolute atomic E-state index is 11.1. The van der Waals surface area contributed by atoms with E-state index in [4.69, 9.17) is 0 Å². The van der Waals surface area contributed by atoms with Gasteiger partial charge in [0, 0.05) is 12.3 Å². The van der Waals surface area contributed by atoms with Gasteiger partial charge in [-0.2, -0.15) is 0 Å². The van der Waals surface area contributed by atoms with E-state index in [2.05, 4.69) is 0 Å². The van der Waals surface area contributed by atoms with E-state index in [9.17, 15) is 9.90 Å². The topological polar surface area (TPSA) is 37.3 Å². The number of aliphatic hydroxyl groups excluding tert-OH is 1. The average molecular weight is 184 g/mol. The van der Waals surface area contributed by atoms with Gasteiger partial charge in [-0.05, 0) is 12.8 Å². The summed E-state index contributed by atoms with van der Waals surface area (Å²) in [6.07, 6.45) is 5.39. The van der Waals surface area contributed by atoms with Gasteiger partial charge >= 0.3 is 0 Å². The monoisotopic (exact) mass is 184 g/mol. The third-order valence-electron chi connectivity index (χ3n) is 2.01. The lowest BCUT2D eigenvalue weighted by atomic mass is 10.1. The molecular weight excluding hydrogens is 164 g/mol. The van der Waals surface area contributed by atoms with Crippen molar-refractivity contribution in [3.63, 3.8) is 0 Å². The van der Waals surface area contributed by atoms with Crippen LogP contribution in [0.1, 0.15) is 40.0 Å². The summed E-state index contributed by atoms with van der Waals surface area (Å²) in [5.74, 6) is 0.364. The highest BCUT2D eigenvalue weighted by Gasteiger charge is 2.03. The van der Waals surface area contributed by atoms with Crippen LogP contribution in [0.5, 0.6) is 0 Å². The molecule has 0 radical (unpaired) electrons. The van der Waals surface area contributed by atoms with Crippen molar-refractivity contribution >= 4 is 5.78 Å². The molecule has 0 amide bonds. The molecule has 0 aromatic rings. The largest absolute Gasteiger partial charge is 0.393 e. The third-order valence-corrected chi connectivity index (χ3v) is 2.01. The number of aliphatic hydroxyl groups is 1. The Bertz CT molecular complexity index is 171. The highest BCUT2D eigenvalue weighted by atomic mass is 16.3. The first-order chi connectivity index (χ1) is 6.07. The molecule has 0 aliphatic rings. The predicted molar refractivity (Wildman–Crippen MR) is 54.5 cm³/mol. The Morgan fingerprint density at radius 2 is 2.00 bits per heavy atom. The molecule has 2 nitrogen and oxygen atoms in total. The fourth-order valence-corrected chi connectivity index (χ4v) is 0.855. The van der Waals surface area contributed by atoms with E-state index in [0.717, 1.165) is 6.42 Å². The van der Waals surface area contributed by atoms with Gasteiger partial charge in [0.1, 0.15) is 5.78 Å². The van der Waals surface area contributed by atoms with Crippen LogP contribution in [-0.4, -0.2) is 17.0 Å². The number of allylic oxidation sites excluding steroid dienone is 1. The van der Waals surface area contributed by atoms with Crippen molar-refractivity contribution in [1.82, 2.24) is 0 Å². The molecule has 1 unspecified atom stereocenters. The molecule has 0 aromatic heterocycles. The van der Waals surface area contributed by atoms with E-state index in [1.54, 1.807) is 0 Å². The zero-order valence-electron chi connectivity index (χ0n) is 8.79. The fraction of sp³-hybridized carbons (Fsp3) is 0.727. The number of hydrogen-bond acceptors (Lipinski definition) is 2. The normalized spacial score (nSPS) is 13.9. The summed E-state index contributed by atoms with van der Waals surface area (Å²) in [6, 6.07) is 0. The zero-order chi connectivity index (χ0) is 10.3. The molecule has 2 heteroatoms. The van der Waals surface area contributed by atoms with E-state index in [1.807, 2.05) is 32.9 Å². The van der Waals surface area contributed by atoms with Crippen LogP contribution in [0.3, 0.4) is 0 Å². The molecule has 0 aliphatic carbocycles. The van der Waals surface area contributed by atoms with Crippen molar-refractivity contribution in [2.75, 3.05) is 0 Å². The lowest BCUT2D eigenvalue weighted by Gasteiger charge is -2.02. The quantitative estimate of drug-likeness (QED) is 0.643. The van der Waals surface area contributed by atoms with E-state index in [1.165, 1.54) is 0 Å². The Labute approximate surface area is 80.7 Å². The summed E-state index contributed by atoms with van der Waals surface area (Å²) in [4.78, 5) is 11.1. The number of Topliss-reactive ketones (excluding diaryl/α,β-unsaturated/α-hetero) is 1. The molecule has 1 atom stereocenters. The first kappa shape index (κ1) is 12.4. The molecule has 0 bridgehead atoms. The van der Waals surface area contributed by atoms with E-state index < -0.39 is 0 Å². The second kappa shape index (κ2) is 6.84. The summed E-state index contributed by atoms with van der Waals surface area (Å²) < 4.78 is 0. The lowest BCUT2D eigenvalue weighted by Crippen LogP contribution is -2.05. The van der Waals surface area contributed by atoms with Crippen molar-refractivity contribution in [3.05, 3.63) is 12.2 Å². The third kappa shape index (κ3) is 6.52. The molecule has 76 valence electrons. The van der Waals surface area contributed by atoms with Gasteiger partial charge in [0.05, 0.1) is 6.10 Å². The summed E-state index contributed by atoms with van der Waals surface area (Å²) in [7, 11) is 0. The molecule has 0 aromatic carbocycles. The maximum Gasteiger partial charge on any atom is 0.139 e. The van der Waals surface area contributed by atoms with Crippen LogP contribution in [0.2, 0.25) is 0 Å². The zero-order valence-corrected chi connectivity index (χ0v) is 8.79. The van der Waals surface area contributed by atoms with Gasteiger partial charge in [0.25, 0.3) is 0 Å². The Morgan fingerprint density at radius 3 is 2.46 bits per heavy atom. The predicted octanol–water partition coefficient (Wildman–Crippen LogP) is 2.32. The van der Waals surface area contributed by atoms with Gasteiger partial charge in [0.15, 0.2) is 0 Å². The van der Waals surface area contributed by atoms with Gasteiger partial charge in [-0.15, -0.1) is 0 Å². The first-order valence-electron chi connectivity index (χ1n) is 4.93. The molecular formula is C11H20O2. The second-order valence-corrected chi connectivity index (χ2v) is 3.59. The van der Waals surface area contributed by atoms with Crippen LogP contribution in [0.4, 0.5) is 0 Å². The number of hydrogen-bond donors (Lipinski definition) is 1. The minimum Gasteiger partial charge on any atom is -0.393 e. The Kier molecular flexibility index (Phi) is 6.51. The second-order valence-electron chi connectivity index (χ2n) is 3.59. The number of carbonyl (C=O) groups excluding carboxylic acids is 1. The average Bonchev–Trinajstić information content (AvgIpc) is 2.11. The van der Waals surface area contributed by atoms with Gasteiger partial charge in [-0.1, -0.05) is 32.9 Å². The summed E-state index contributed by atoms with van der Waals surface area (Å²) in [5, 5.41) is 9.20. The van der Waals surface area contributed by atoms with E-state index in [-0.39, 0.29) is 17.8 Å². The van der Waals surface area contributed by atoms with Crippen molar-refractivity contribution in [2.24, 2.45) is 5.92 Å². The first-order valence-corrected chi connectivity index (χ1v) is 4.93. The van der Waals surface area contributed by atoms with Crippen molar-refractivity contribution in [1.29, 1.82) is 0 Å². The van der Waals surface area contributed by atoms with Crippen molar-refractivity contribution in [3.8, 4) is 0 Å². The molecule has 1 N–H and O–H groups in total. The van der Waals surface area contributed by atoms with Crippen LogP contribution in [-0.2, 0) is 4.79 Å². The number of ketones is 1. The highest BCUT2D eigenvalue weighted by molar-refractivity contribution is 5.81. The smallest absolute Gasteiger partial charge is 0.139 e. The van der Waals surface area contributed by atoms with E-state index >= 15 is 0 Å². The maximum atomic E-state index is 11.1. The Morgan fingerprint density at radius 1 is 1.38 bits per heavy atom. The van der Waals surface area contributed by atoms with Gasteiger partial charge in [-0.25, -0.2) is 0 Å². The number of carbonyl (C=O) groups is 1. The number of rotatable bonds is 6. The van der Waals surface area contributed by atoms with Crippen LogP contribution in [0.25, 0.3) is 0 Å². The van der Waals surface area contributed by atoms with E-state index in [0.29, 0.717) is 12.8 Å². The van der Waals surface area contributed by atoms with Crippen LogP contribution >= 0.6 is 0 Å². The van der Waals surface area contributed by atoms with Crippen molar-refractivity contribution < 1.29 is 9.90 Å². The summed E-state index contributed by atoms with van der Waals surface area (Å²) in [6.45, 7) is 5.74. The van der Waals surface area contributed by atoms with Crippen molar-refractivity contribution in [2.45, 2.75) is 46.1 Å². The standard InChI is InChI=1S/C11H20O2/c1-4-10(12)7-5-6-8-11(13)9(2)3/h5-6,9-10,12H,4,7-8H2,1-3H3/b6-5+. The Hall–Kier alpha value is -0.630. The van der Waals surface area contributed by atoms with Crippen LogP contribution in [0, 0.1) is 5.92 Å². The minimum absolute atomic E-state index is 0.112. The molecule has 0 saturated heterocycles. The van der Waals surface area contributed by atoms with Gasteiger partial charge in [-0.3, -0.25) is 4.79 Å². The molecule has 0 spiro atoms. The molecule has 0 rings (SSSR count). The summed E-state index contributed by atoms with van der Waals surface area (Å²) >= 11 is 0. The molecule has 0 heterocycles.